The van der Waals surface area contributed by atoms with E-state index in [-0.39, 0.29) is 6.42 Å². The van der Waals surface area contributed by atoms with E-state index in [0.717, 1.165) is 0 Å². The molecule has 0 saturated carbocycles. The minimum atomic E-state index is -1.17. The lowest BCUT2D eigenvalue weighted by atomic mass is 9.87. The Morgan fingerprint density at radius 2 is 2.06 bits per heavy atom. The van der Waals surface area contributed by atoms with E-state index in [0.29, 0.717) is 5.56 Å². The molecule has 1 rings (SSSR count). The Morgan fingerprint density at radius 1 is 1.50 bits per heavy atom. The van der Waals surface area contributed by atoms with Gasteiger partial charge in [0.15, 0.2) is 0 Å². The second-order valence-electron chi connectivity index (χ2n) is 4.07. The Balaban J connectivity index is 2.94. The summed E-state index contributed by atoms with van der Waals surface area (Å²) in [5.41, 5.74) is -0.476. The van der Waals surface area contributed by atoms with E-state index in [4.69, 9.17) is 5.11 Å². The number of carbonyl (C=O) groups is 1. The minimum absolute atomic E-state index is 0.121. The smallest absolute Gasteiger partial charge is 0.311 e. The van der Waals surface area contributed by atoms with Crippen LogP contribution in [0, 0.1) is 0 Å². The quantitative estimate of drug-likeness (QED) is 0.748. The molecule has 0 fully saturated rings. The maximum atomic E-state index is 11.1. The number of carboxylic acids is 1. The standard InChI is InChI=1S/C13H16O3/c1-3-13(2,16)9-11(12(14)15)10-7-5-4-6-8-10/h3-8,11,16H,1,9H2,2H3,(H,14,15). The van der Waals surface area contributed by atoms with Crippen LogP contribution in [0.25, 0.3) is 0 Å². The summed E-state index contributed by atoms with van der Waals surface area (Å²) in [6.45, 7) is 5.05. The number of aliphatic carboxylic acids is 1. The fourth-order valence-corrected chi connectivity index (χ4v) is 1.53. The summed E-state index contributed by atoms with van der Waals surface area (Å²) in [6.07, 6.45) is 1.49. The maximum absolute atomic E-state index is 11.1. The van der Waals surface area contributed by atoms with Gasteiger partial charge in [0, 0.05) is 0 Å². The van der Waals surface area contributed by atoms with Crippen molar-refractivity contribution in [1.82, 2.24) is 0 Å². The molecule has 16 heavy (non-hydrogen) atoms. The van der Waals surface area contributed by atoms with Crippen LogP contribution in [0.2, 0.25) is 0 Å². The van der Waals surface area contributed by atoms with Crippen LogP contribution in [0.1, 0.15) is 24.8 Å². The van der Waals surface area contributed by atoms with Crippen LogP contribution in [0.15, 0.2) is 43.0 Å². The molecule has 0 saturated heterocycles. The normalized spacial score (nSPS) is 16.1. The lowest BCUT2D eigenvalue weighted by Crippen LogP contribution is -2.27. The number of carboxylic acid groups (broad SMARTS) is 1. The lowest BCUT2D eigenvalue weighted by molar-refractivity contribution is -0.140. The first kappa shape index (κ1) is 12.5. The van der Waals surface area contributed by atoms with Crippen molar-refractivity contribution in [2.75, 3.05) is 0 Å². The Hall–Kier alpha value is -1.61. The Morgan fingerprint density at radius 3 is 2.50 bits per heavy atom. The van der Waals surface area contributed by atoms with Gasteiger partial charge in [-0.1, -0.05) is 36.4 Å². The molecule has 0 aromatic heterocycles. The molecule has 0 aliphatic heterocycles. The SMILES string of the molecule is C=CC(C)(O)CC(C(=O)O)c1ccccc1. The first-order chi connectivity index (χ1) is 7.46. The molecule has 1 aromatic rings. The summed E-state index contributed by atoms with van der Waals surface area (Å²) in [7, 11) is 0. The van der Waals surface area contributed by atoms with Gasteiger partial charge in [-0.15, -0.1) is 6.58 Å². The van der Waals surface area contributed by atoms with Crippen molar-refractivity contribution in [3.63, 3.8) is 0 Å². The van der Waals surface area contributed by atoms with Crippen LogP contribution in [0.5, 0.6) is 0 Å². The van der Waals surface area contributed by atoms with Gasteiger partial charge in [-0.25, -0.2) is 0 Å². The highest BCUT2D eigenvalue weighted by atomic mass is 16.4. The molecule has 86 valence electrons. The number of hydrogen-bond donors (Lipinski definition) is 2. The fraction of sp³-hybridized carbons (Fsp3) is 0.308. The van der Waals surface area contributed by atoms with E-state index in [1.54, 1.807) is 31.2 Å². The number of rotatable bonds is 5. The first-order valence-corrected chi connectivity index (χ1v) is 5.10. The summed E-state index contributed by atoms with van der Waals surface area (Å²) < 4.78 is 0. The molecule has 0 radical (unpaired) electrons. The van der Waals surface area contributed by atoms with Crippen molar-refractivity contribution in [1.29, 1.82) is 0 Å². The van der Waals surface area contributed by atoms with Gasteiger partial charge in [0.2, 0.25) is 0 Å². The van der Waals surface area contributed by atoms with Crippen molar-refractivity contribution >= 4 is 5.97 Å². The molecule has 1 aromatic carbocycles. The fourth-order valence-electron chi connectivity index (χ4n) is 1.53. The van der Waals surface area contributed by atoms with Gasteiger partial charge in [-0.3, -0.25) is 4.79 Å². The largest absolute Gasteiger partial charge is 0.481 e. The third kappa shape index (κ3) is 3.21. The molecular formula is C13H16O3. The summed E-state index contributed by atoms with van der Waals surface area (Å²) >= 11 is 0. The van der Waals surface area contributed by atoms with Crippen molar-refractivity contribution in [3.8, 4) is 0 Å². The van der Waals surface area contributed by atoms with E-state index in [1.165, 1.54) is 6.08 Å². The van der Waals surface area contributed by atoms with Gasteiger partial charge in [0.25, 0.3) is 0 Å². The van der Waals surface area contributed by atoms with Gasteiger partial charge in [-0.05, 0) is 18.9 Å². The summed E-state index contributed by atoms with van der Waals surface area (Å²) in [5.74, 6) is -1.65. The van der Waals surface area contributed by atoms with E-state index in [1.807, 2.05) is 6.07 Å². The highest BCUT2D eigenvalue weighted by Crippen LogP contribution is 2.26. The monoisotopic (exact) mass is 220 g/mol. The zero-order chi connectivity index (χ0) is 12.2. The van der Waals surface area contributed by atoms with Crippen molar-refractivity contribution in [2.24, 2.45) is 0 Å². The summed E-state index contributed by atoms with van der Waals surface area (Å²) in [4.78, 5) is 11.1. The van der Waals surface area contributed by atoms with Crippen molar-refractivity contribution < 1.29 is 15.0 Å². The van der Waals surface area contributed by atoms with Gasteiger partial charge >= 0.3 is 5.97 Å². The molecule has 3 heteroatoms. The molecule has 0 bridgehead atoms. The zero-order valence-electron chi connectivity index (χ0n) is 9.26. The zero-order valence-corrected chi connectivity index (χ0v) is 9.26. The van der Waals surface area contributed by atoms with Crippen LogP contribution in [0.4, 0.5) is 0 Å². The van der Waals surface area contributed by atoms with Crippen molar-refractivity contribution in [3.05, 3.63) is 48.6 Å². The topological polar surface area (TPSA) is 57.5 Å². The summed E-state index contributed by atoms with van der Waals surface area (Å²) in [6, 6.07) is 8.89. The Labute approximate surface area is 95.0 Å². The molecule has 2 atom stereocenters. The average Bonchev–Trinajstić information content (AvgIpc) is 2.27. The Bertz CT molecular complexity index is 368. The predicted molar refractivity (Wildman–Crippen MR) is 62.3 cm³/mol. The third-order valence-electron chi connectivity index (χ3n) is 2.56. The molecule has 3 nitrogen and oxygen atoms in total. The van der Waals surface area contributed by atoms with Gasteiger partial charge in [0.1, 0.15) is 0 Å². The van der Waals surface area contributed by atoms with Crippen LogP contribution < -0.4 is 0 Å². The maximum Gasteiger partial charge on any atom is 0.311 e. The molecule has 0 spiro atoms. The van der Waals surface area contributed by atoms with Crippen molar-refractivity contribution in [2.45, 2.75) is 24.9 Å². The van der Waals surface area contributed by atoms with Crippen LogP contribution in [-0.4, -0.2) is 21.8 Å². The highest BCUT2D eigenvalue weighted by molar-refractivity contribution is 5.76. The highest BCUT2D eigenvalue weighted by Gasteiger charge is 2.28. The van der Waals surface area contributed by atoms with E-state index >= 15 is 0 Å². The number of hydrogen-bond acceptors (Lipinski definition) is 2. The molecule has 2 N–H and O–H groups in total. The molecule has 2 unspecified atom stereocenters. The van der Waals surface area contributed by atoms with Crippen LogP contribution >= 0.6 is 0 Å². The lowest BCUT2D eigenvalue weighted by Gasteiger charge is -2.23. The van der Waals surface area contributed by atoms with E-state index in [9.17, 15) is 9.90 Å². The van der Waals surface area contributed by atoms with Crippen LogP contribution in [-0.2, 0) is 4.79 Å². The second kappa shape index (κ2) is 4.94. The third-order valence-corrected chi connectivity index (χ3v) is 2.56. The molecule has 0 aliphatic rings. The molecular weight excluding hydrogens is 204 g/mol. The predicted octanol–water partition coefficient (Wildman–Crippen LogP) is 2.18. The van der Waals surface area contributed by atoms with Gasteiger partial charge in [0.05, 0.1) is 11.5 Å². The van der Waals surface area contributed by atoms with E-state index < -0.39 is 17.5 Å². The first-order valence-electron chi connectivity index (χ1n) is 5.10. The van der Waals surface area contributed by atoms with E-state index in [2.05, 4.69) is 6.58 Å². The number of benzene rings is 1. The van der Waals surface area contributed by atoms with Gasteiger partial charge in [-0.2, -0.15) is 0 Å². The molecule has 0 aliphatic carbocycles. The van der Waals surface area contributed by atoms with Crippen LogP contribution in [0.3, 0.4) is 0 Å². The minimum Gasteiger partial charge on any atom is -0.481 e. The average molecular weight is 220 g/mol. The second-order valence-corrected chi connectivity index (χ2v) is 4.07. The molecule has 0 amide bonds. The molecule has 0 heterocycles. The summed E-state index contributed by atoms with van der Waals surface area (Å²) in [5, 5.41) is 19.0. The Kier molecular flexibility index (Phi) is 3.85. The number of aliphatic hydroxyl groups is 1. The van der Waals surface area contributed by atoms with Gasteiger partial charge < -0.3 is 10.2 Å².